The van der Waals surface area contributed by atoms with Crippen LogP contribution in [0.25, 0.3) is 22.2 Å². The van der Waals surface area contributed by atoms with E-state index in [2.05, 4.69) is 28.1 Å². The molecular weight excluding hydrogens is 356 g/mol. The number of carbonyl (C=O) groups is 1. The zero-order valence-corrected chi connectivity index (χ0v) is 16.0. The van der Waals surface area contributed by atoms with Crippen molar-refractivity contribution < 1.29 is 14.3 Å². The van der Waals surface area contributed by atoms with Crippen molar-refractivity contribution in [2.75, 3.05) is 45.3 Å². The van der Waals surface area contributed by atoms with Crippen LogP contribution < -0.4 is 9.64 Å². The van der Waals surface area contributed by atoms with E-state index in [1.807, 2.05) is 30.3 Å². The van der Waals surface area contributed by atoms with E-state index in [1.54, 1.807) is 12.0 Å². The molecule has 28 heavy (non-hydrogen) atoms. The minimum Gasteiger partial charge on any atom is -0.481 e. The normalized spacial score (nSPS) is 14.2. The molecule has 1 aromatic carbocycles. The van der Waals surface area contributed by atoms with Gasteiger partial charge >= 0.3 is 6.09 Å². The molecule has 0 radical (unpaired) electrons. The van der Waals surface area contributed by atoms with E-state index in [9.17, 15) is 4.79 Å². The Balaban J connectivity index is 1.75. The van der Waals surface area contributed by atoms with Gasteiger partial charge in [-0.05, 0) is 17.7 Å². The van der Waals surface area contributed by atoms with Gasteiger partial charge in [0.15, 0.2) is 5.65 Å². The number of piperazine rings is 1. The average Bonchev–Trinajstić information content (AvgIpc) is 2.78. The predicted octanol–water partition coefficient (Wildman–Crippen LogP) is 3.19. The van der Waals surface area contributed by atoms with Gasteiger partial charge in [0.25, 0.3) is 0 Å². The first kappa shape index (κ1) is 18.0. The second-order valence-electron chi connectivity index (χ2n) is 6.57. The van der Waals surface area contributed by atoms with Crippen molar-refractivity contribution in [2.24, 2.45) is 0 Å². The largest absolute Gasteiger partial charge is 0.481 e. The summed E-state index contributed by atoms with van der Waals surface area (Å²) in [5.41, 5.74) is 2.79. The van der Waals surface area contributed by atoms with Crippen molar-refractivity contribution in [1.29, 1.82) is 0 Å². The summed E-state index contributed by atoms with van der Waals surface area (Å²) < 4.78 is 10.1. The molecule has 7 nitrogen and oxygen atoms in total. The zero-order valence-electron chi connectivity index (χ0n) is 16.0. The topological polar surface area (TPSA) is 67.8 Å². The Kier molecular flexibility index (Phi) is 4.97. The number of rotatable bonds is 3. The third-order valence-corrected chi connectivity index (χ3v) is 4.94. The Morgan fingerprint density at radius 2 is 1.71 bits per heavy atom. The zero-order chi connectivity index (χ0) is 19.5. The van der Waals surface area contributed by atoms with Crippen LogP contribution in [-0.2, 0) is 4.74 Å². The molecule has 0 saturated carbocycles. The van der Waals surface area contributed by atoms with Gasteiger partial charge in [-0.15, -0.1) is 0 Å². The van der Waals surface area contributed by atoms with Crippen LogP contribution in [0.4, 0.5) is 10.6 Å². The molecule has 3 aromatic rings. The molecule has 1 aliphatic heterocycles. The second-order valence-corrected chi connectivity index (χ2v) is 6.57. The third-order valence-electron chi connectivity index (χ3n) is 4.94. The Hall–Kier alpha value is -3.35. The van der Waals surface area contributed by atoms with Gasteiger partial charge in [0.1, 0.15) is 5.82 Å². The van der Waals surface area contributed by atoms with E-state index in [-0.39, 0.29) is 6.09 Å². The van der Waals surface area contributed by atoms with Crippen LogP contribution in [-0.4, -0.2) is 61.4 Å². The number of hydrogen-bond donors (Lipinski definition) is 0. The minimum atomic E-state index is -0.291. The molecule has 0 atom stereocenters. The van der Waals surface area contributed by atoms with Crippen molar-refractivity contribution in [3.8, 4) is 17.0 Å². The van der Waals surface area contributed by atoms with E-state index in [4.69, 9.17) is 14.5 Å². The highest BCUT2D eigenvalue weighted by atomic mass is 16.5. The number of methoxy groups -OCH3 is 2. The molecule has 2 aromatic heterocycles. The molecule has 144 valence electrons. The first-order chi connectivity index (χ1) is 13.7. The number of nitrogens with zero attached hydrogens (tertiary/aromatic N) is 4. The Labute approximate surface area is 163 Å². The Morgan fingerprint density at radius 3 is 2.39 bits per heavy atom. The van der Waals surface area contributed by atoms with Crippen molar-refractivity contribution in [2.45, 2.75) is 0 Å². The number of amides is 1. The van der Waals surface area contributed by atoms with E-state index >= 15 is 0 Å². The van der Waals surface area contributed by atoms with Gasteiger partial charge in [-0.25, -0.2) is 9.78 Å². The summed E-state index contributed by atoms with van der Waals surface area (Å²) >= 11 is 0. The quantitative estimate of drug-likeness (QED) is 0.697. The molecule has 0 aliphatic carbocycles. The summed E-state index contributed by atoms with van der Waals surface area (Å²) in [6.07, 6.45) is -0.291. The van der Waals surface area contributed by atoms with Crippen LogP contribution in [0.5, 0.6) is 5.88 Å². The SMILES string of the molecule is COC(=O)N1CCN(c2nc3nc(OC)ccc3cc2-c2ccccc2)CC1. The number of fused-ring (bicyclic) bond motifs is 1. The molecule has 1 fully saturated rings. The highest BCUT2D eigenvalue weighted by Gasteiger charge is 2.24. The maximum absolute atomic E-state index is 11.8. The summed E-state index contributed by atoms with van der Waals surface area (Å²) in [4.78, 5) is 25.1. The molecule has 1 amide bonds. The molecule has 7 heteroatoms. The van der Waals surface area contributed by atoms with Gasteiger partial charge in [-0.3, -0.25) is 0 Å². The third kappa shape index (κ3) is 3.43. The fourth-order valence-corrected chi connectivity index (χ4v) is 3.44. The van der Waals surface area contributed by atoms with Gasteiger partial charge < -0.3 is 19.3 Å². The van der Waals surface area contributed by atoms with Crippen molar-refractivity contribution in [3.63, 3.8) is 0 Å². The molecule has 0 spiro atoms. The molecule has 1 aliphatic rings. The van der Waals surface area contributed by atoms with Gasteiger partial charge in [0.05, 0.1) is 14.2 Å². The minimum absolute atomic E-state index is 0.291. The van der Waals surface area contributed by atoms with Crippen LogP contribution >= 0.6 is 0 Å². The Bertz CT molecular complexity index is 986. The summed E-state index contributed by atoms with van der Waals surface area (Å²) in [7, 11) is 3.01. The number of ether oxygens (including phenoxy) is 2. The van der Waals surface area contributed by atoms with Crippen molar-refractivity contribution >= 4 is 22.9 Å². The number of hydrogen-bond acceptors (Lipinski definition) is 6. The fourth-order valence-electron chi connectivity index (χ4n) is 3.44. The van der Waals surface area contributed by atoms with Crippen molar-refractivity contribution in [3.05, 3.63) is 48.5 Å². The average molecular weight is 378 g/mol. The lowest BCUT2D eigenvalue weighted by atomic mass is 10.0. The predicted molar refractivity (Wildman–Crippen MR) is 108 cm³/mol. The molecule has 3 heterocycles. The smallest absolute Gasteiger partial charge is 0.409 e. The van der Waals surface area contributed by atoms with Crippen LogP contribution in [0, 0.1) is 0 Å². The van der Waals surface area contributed by atoms with E-state index < -0.39 is 0 Å². The Morgan fingerprint density at radius 1 is 0.964 bits per heavy atom. The molecule has 1 saturated heterocycles. The van der Waals surface area contributed by atoms with Gasteiger partial charge in [0, 0.05) is 43.2 Å². The maximum atomic E-state index is 11.8. The monoisotopic (exact) mass is 378 g/mol. The molecule has 4 rings (SSSR count). The van der Waals surface area contributed by atoms with E-state index in [0.717, 1.165) is 22.3 Å². The summed E-state index contributed by atoms with van der Waals surface area (Å²) in [6, 6.07) is 16.1. The van der Waals surface area contributed by atoms with E-state index in [0.29, 0.717) is 37.7 Å². The number of carbonyl (C=O) groups excluding carboxylic acids is 1. The van der Waals surface area contributed by atoms with Crippen LogP contribution in [0.2, 0.25) is 0 Å². The number of benzene rings is 1. The summed E-state index contributed by atoms with van der Waals surface area (Å²) in [5.74, 6) is 1.40. The van der Waals surface area contributed by atoms with Crippen LogP contribution in [0.15, 0.2) is 48.5 Å². The fraction of sp³-hybridized carbons (Fsp3) is 0.286. The number of aromatic nitrogens is 2. The van der Waals surface area contributed by atoms with Gasteiger partial charge in [-0.1, -0.05) is 30.3 Å². The lowest BCUT2D eigenvalue weighted by Crippen LogP contribution is -2.49. The first-order valence-corrected chi connectivity index (χ1v) is 9.18. The maximum Gasteiger partial charge on any atom is 0.409 e. The lowest BCUT2D eigenvalue weighted by Gasteiger charge is -2.35. The summed E-state index contributed by atoms with van der Waals surface area (Å²) in [5, 5.41) is 0.955. The number of pyridine rings is 2. The van der Waals surface area contributed by atoms with Gasteiger partial charge in [0.2, 0.25) is 5.88 Å². The number of anilines is 1. The van der Waals surface area contributed by atoms with Crippen LogP contribution in [0.1, 0.15) is 0 Å². The lowest BCUT2D eigenvalue weighted by molar-refractivity contribution is 0.121. The highest BCUT2D eigenvalue weighted by Crippen LogP contribution is 2.33. The summed E-state index contributed by atoms with van der Waals surface area (Å²) in [6.45, 7) is 2.53. The van der Waals surface area contributed by atoms with Crippen LogP contribution in [0.3, 0.4) is 0 Å². The molecule has 0 N–H and O–H groups in total. The first-order valence-electron chi connectivity index (χ1n) is 9.18. The van der Waals surface area contributed by atoms with Gasteiger partial charge in [-0.2, -0.15) is 4.98 Å². The highest BCUT2D eigenvalue weighted by molar-refractivity contribution is 5.88. The molecule has 0 unspecified atom stereocenters. The van der Waals surface area contributed by atoms with Crippen molar-refractivity contribution in [1.82, 2.24) is 14.9 Å². The standard InChI is InChI=1S/C21H22N4O3/c1-27-18-9-8-16-14-17(15-6-4-3-5-7-15)20(23-19(16)22-18)24-10-12-25(13-11-24)21(26)28-2/h3-9,14H,10-13H2,1-2H3. The molecular formula is C21H22N4O3. The van der Waals surface area contributed by atoms with E-state index in [1.165, 1.54) is 7.11 Å². The molecule has 0 bridgehead atoms. The second kappa shape index (κ2) is 7.72.